The predicted molar refractivity (Wildman–Crippen MR) is 121 cm³/mol. The maximum atomic E-state index is 13.0. The third-order valence-corrected chi connectivity index (χ3v) is 4.12. The molecule has 2 rings (SSSR count). The van der Waals surface area contributed by atoms with Gasteiger partial charge >= 0.3 is 22.1 Å². The summed E-state index contributed by atoms with van der Waals surface area (Å²) in [6, 6.07) is 6.49. The summed E-state index contributed by atoms with van der Waals surface area (Å²) in [5, 5.41) is 0. The Balaban J connectivity index is 0. The lowest BCUT2D eigenvalue weighted by atomic mass is 10.2. The summed E-state index contributed by atoms with van der Waals surface area (Å²) in [6.07, 6.45) is 0. The first-order valence-corrected chi connectivity index (χ1v) is 10.0. The number of benzene rings is 2. The molecule has 0 saturated carbocycles. The average Bonchev–Trinajstić information content (AvgIpc) is 2.76. The minimum absolute atomic E-state index is 0. The van der Waals surface area contributed by atoms with Gasteiger partial charge in [-0.2, -0.15) is 8.42 Å². The lowest BCUT2D eigenvalue weighted by molar-refractivity contribution is 0.0592. The highest BCUT2D eigenvalue weighted by Crippen LogP contribution is 2.19. The first-order valence-electron chi connectivity index (χ1n) is 8.52. The van der Waals surface area contributed by atoms with E-state index in [9.17, 15) is 26.8 Å². The number of anilines is 2. The maximum absolute atomic E-state index is 13.0. The fourth-order valence-corrected chi connectivity index (χ4v) is 2.70. The Labute approximate surface area is 196 Å². The van der Waals surface area contributed by atoms with Crippen molar-refractivity contribution in [2.75, 3.05) is 38.9 Å². The lowest BCUT2D eigenvalue weighted by Crippen LogP contribution is -2.29. The molecule has 0 aliphatic rings. The van der Waals surface area contributed by atoms with Gasteiger partial charge in [-0.3, -0.25) is 9.56 Å². The monoisotopic (exact) mass is 510 g/mol. The van der Waals surface area contributed by atoms with Gasteiger partial charge in [0.1, 0.15) is 11.6 Å². The van der Waals surface area contributed by atoms with Gasteiger partial charge in [-0.25, -0.2) is 24.3 Å². The summed E-state index contributed by atoms with van der Waals surface area (Å²) in [6.45, 7) is 0. The van der Waals surface area contributed by atoms with Crippen LogP contribution in [0, 0.1) is 11.6 Å². The van der Waals surface area contributed by atoms with E-state index in [1.165, 1.54) is 26.4 Å². The Bertz CT molecular complexity index is 1040. The number of ether oxygens (including phenoxy) is 2. The average molecular weight is 511 g/mol. The zero-order valence-electron chi connectivity index (χ0n) is 18.0. The number of nitrogens with one attached hydrogen (secondary N) is 2. The number of carbonyl (C=O) groups is 2. The number of nitrogen functional groups attached to an aromatic ring is 1. The van der Waals surface area contributed by atoms with Crippen molar-refractivity contribution in [3.05, 3.63) is 59.2 Å². The second-order valence-electron chi connectivity index (χ2n) is 5.53. The molecular formula is C19H28F2N4O8S. The first-order chi connectivity index (χ1) is 15.5. The van der Waals surface area contributed by atoms with Gasteiger partial charge in [0.2, 0.25) is 0 Å². The third kappa shape index (κ3) is 11.5. The zero-order valence-corrected chi connectivity index (χ0v) is 18.9. The summed E-state index contributed by atoms with van der Waals surface area (Å²) in [5.41, 5.74) is 5.28. The van der Waals surface area contributed by atoms with E-state index < -0.39 is 33.8 Å². The van der Waals surface area contributed by atoms with E-state index in [4.69, 9.17) is 5.73 Å². The van der Waals surface area contributed by atoms with Crippen LogP contribution in [-0.2, 0) is 29.4 Å². The molecule has 0 amide bonds. The molecule has 34 heavy (non-hydrogen) atoms. The van der Waals surface area contributed by atoms with Crippen LogP contribution in [0.1, 0.15) is 28.1 Å². The van der Waals surface area contributed by atoms with Crippen LogP contribution < -0.4 is 21.2 Å². The smallest absolute Gasteiger partial charge is 0.340 e. The van der Waals surface area contributed by atoms with E-state index >= 15 is 0 Å². The second-order valence-corrected chi connectivity index (χ2v) is 6.91. The predicted octanol–water partition coefficient (Wildman–Crippen LogP) is 1.76. The van der Waals surface area contributed by atoms with Crippen LogP contribution in [0.5, 0.6) is 0 Å². The van der Waals surface area contributed by atoms with E-state index in [0.717, 1.165) is 38.5 Å². The molecule has 12 nitrogen and oxygen atoms in total. The Morgan fingerprint density at radius 3 is 1.79 bits per heavy atom. The molecule has 0 radical (unpaired) electrons. The summed E-state index contributed by atoms with van der Waals surface area (Å²) in [5.74, 6) is 1.64. The van der Waals surface area contributed by atoms with Crippen LogP contribution in [0.2, 0.25) is 0 Å². The first kappa shape index (κ1) is 32.8. The summed E-state index contributed by atoms with van der Waals surface area (Å²) in [7, 11) is 0.802. The number of methoxy groups -OCH3 is 2. The highest BCUT2D eigenvalue weighted by atomic mass is 32.2. The van der Waals surface area contributed by atoms with Crippen molar-refractivity contribution in [2.45, 2.75) is 7.43 Å². The number of nitrogens with two attached hydrogens (primary N) is 2. The molecule has 0 atom stereocenters. The maximum Gasteiger partial charge on any atom is 0.340 e. The van der Waals surface area contributed by atoms with Crippen molar-refractivity contribution in [2.24, 2.45) is 5.90 Å². The molecule has 192 valence electrons. The topological polar surface area (TPSA) is 181 Å². The lowest BCUT2D eigenvalue weighted by Gasteiger charge is -2.11. The van der Waals surface area contributed by atoms with Crippen LogP contribution in [0.4, 0.5) is 20.2 Å². The minimum Gasteiger partial charge on any atom is -0.465 e. The Morgan fingerprint density at radius 1 is 0.882 bits per heavy atom. The number of hydrogen-bond acceptors (Lipinski definition) is 10. The molecule has 0 saturated heterocycles. The van der Waals surface area contributed by atoms with E-state index in [-0.39, 0.29) is 29.9 Å². The highest BCUT2D eigenvalue weighted by Gasteiger charge is 2.17. The van der Waals surface area contributed by atoms with Crippen molar-refractivity contribution in [3.8, 4) is 0 Å². The second kappa shape index (κ2) is 16.3. The Hall–Kier alpha value is -3.37. The number of halogens is 2. The molecule has 15 heteroatoms. The van der Waals surface area contributed by atoms with Crippen LogP contribution in [0.3, 0.4) is 0 Å². The van der Waals surface area contributed by atoms with Gasteiger partial charge in [-0.05, 0) is 36.4 Å². The zero-order chi connectivity index (χ0) is 25.6. The van der Waals surface area contributed by atoms with Crippen molar-refractivity contribution in [1.82, 2.24) is 4.89 Å². The van der Waals surface area contributed by atoms with Crippen molar-refractivity contribution in [3.63, 3.8) is 0 Å². The molecule has 2 aromatic carbocycles. The van der Waals surface area contributed by atoms with E-state index in [1.54, 1.807) is 4.89 Å². The van der Waals surface area contributed by atoms with E-state index in [0.29, 0.717) is 0 Å². The standard InChI is InChI=1S/C9H11FN2O5S.C8H8FNO2.CH5NO.CH4/c1-16-9(13)7-5-6(10)3-4-8(7)11-18(14,15)12-17-2;1-12-8(11)6-4-5(9)2-3-7(6)10;1-3-2;/h3-5,11-12H,1-2H3;2-4H,10H2,1H3;2H2,1H3;1H4. The molecule has 0 aliphatic carbocycles. The molecule has 0 unspecified atom stereocenters. The van der Waals surface area contributed by atoms with Crippen LogP contribution >= 0.6 is 0 Å². The normalized spacial score (nSPS) is 9.74. The number of rotatable bonds is 6. The van der Waals surface area contributed by atoms with Gasteiger partial charge < -0.3 is 20.0 Å². The number of carbonyl (C=O) groups excluding carboxylic acids is 2. The number of hydrogen-bond donors (Lipinski definition) is 4. The van der Waals surface area contributed by atoms with Crippen LogP contribution in [0.25, 0.3) is 0 Å². The molecule has 6 N–H and O–H groups in total. The molecule has 0 fully saturated rings. The molecular weight excluding hydrogens is 482 g/mol. The quantitative estimate of drug-likeness (QED) is 0.254. The van der Waals surface area contributed by atoms with Crippen LogP contribution in [-0.4, -0.2) is 48.8 Å². The van der Waals surface area contributed by atoms with Gasteiger partial charge in [0.15, 0.2) is 0 Å². The van der Waals surface area contributed by atoms with Crippen molar-refractivity contribution in [1.29, 1.82) is 0 Å². The van der Waals surface area contributed by atoms with Gasteiger partial charge in [-0.15, -0.1) is 0 Å². The van der Waals surface area contributed by atoms with E-state index in [1.807, 2.05) is 4.72 Å². The molecule has 0 spiro atoms. The molecule has 0 bridgehead atoms. The summed E-state index contributed by atoms with van der Waals surface area (Å²) in [4.78, 5) is 31.9. The molecule has 0 heterocycles. The van der Waals surface area contributed by atoms with Gasteiger partial charge in [0.05, 0.1) is 45.3 Å². The number of esters is 2. The molecule has 0 aliphatic heterocycles. The Morgan fingerprint density at radius 2 is 1.32 bits per heavy atom. The van der Waals surface area contributed by atoms with Gasteiger partial charge in [0.25, 0.3) is 0 Å². The Kier molecular flexibility index (Phi) is 15.7. The highest BCUT2D eigenvalue weighted by molar-refractivity contribution is 7.90. The van der Waals surface area contributed by atoms with Crippen molar-refractivity contribution >= 4 is 33.5 Å². The summed E-state index contributed by atoms with van der Waals surface area (Å²) >= 11 is 0. The van der Waals surface area contributed by atoms with E-state index in [2.05, 4.69) is 25.0 Å². The minimum atomic E-state index is -4.01. The molecule has 2 aromatic rings. The van der Waals surface area contributed by atoms with Crippen molar-refractivity contribution < 1.29 is 45.9 Å². The van der Waals surface area contributed by atoms with Gasteiger partial charge in [-0.1, -0.05) is 12.3 Å². The van der Waals surface area contributed by atoms with Crippen LogP contribution in [0.15, 0.2) is 36.4 Å². The fourth-order valence-electron chi connectivity index (χ4n) is 1.97. The summed E-state index contributed by atoms with van der Waals surface area (Å²) < 4.78 is 59.1. The molecule has 0 aromatic heterocycles. The third-order valence-electron chi connectivity index (χ3n) is 3.24. The SMILES string of the molecule is C.COC(=O)c1cc(F)ccc1N.CON.CONS(=O)(=O)Nc1ccc(F)cc1C(=O)OC. The largest absolute Gasteiger partial charge is 0.465 e. The fraction of sp³-hybridized carbons (Fsp3) is 0.263. The van der Waals surface area contributed by atoms with Gasteiger partial charge in [0, 0.05) is 5.69 Å².